The number of nitrogens with zero attached hydrogens (tertiary/aromatic N) is 1. The smallest absolute Gasteiger partial charge is 0.363 e. The number of benzene rings is 3. The van der Waals surface area contributed by atoms with Crippen molar-refractivity contribution < 1.29 is 14.3 Å². The number of hydrogen-bond donors (Lipinski definition) is 0. The lowest BCUT2D eigenvalue weighted by Crippen LogP contribution is -2.05. The van der Waals surface area contributed by atoms with E-state index in [1.807, 2.05) is 66.7 Å². The second kappa shape index (κ2) is 7.19. The molecule has 27 heavy (non-hydrogen) atoms. The first-order chi connectivity index (χ1) is 13.3. The molecule has 3 aromatic carbocycles. The summed E-state index contributed by atoms with van der Waals surface area (Å²) in [5.41, 5.74) is 1.71. The van der Waals surface area contributed by atoms with Gasteiger partial charge < -0.3 is 9.47 Å². The molecule has 0 amide bonds. The van der Waals surface area contributed by atoms with E-state index in [1.54, 1.807) is 6.08 Å². The lowest BCUT2D eigenvalue weighted by molar-refractivity contribution is -0.129. The molecule has 0 aromatic heterocycles. The Balaban J connectivity index is 1.83. The molecule has 0 saturated carbocycles. The predicted molar refractivity (Wildman–Crippen MR) is 105 cm³/mol. The van der Waals surface area contributed by atoms with Gasteiger partial charge in [-0.25, -0.2) is 9.79 Å². The molecule has 0 saturated heterocycles. The first-order valence-corrected chi connectivity index (χ1v) is 8.42. The molecule has 0 N–H and O–H groups in total. The molecule has 0 fully saturated rings. The second-order valence-corrected chi connectivity index (χ2v) is 5.89. The van der Waals surface area contributed by atoms with Crippen LogP contribution in [0.25, 0.3) is 16.8 Å². The highest BCUT2D eigenvalue weighted by Crippen LogP contribution is 2.31. The Hall–Kier alpha value is -3.84. The van der Waals surface area contributed by atoms with Crippen LogP contribution in [0, 0.1) is 12.3 Å². The van der Waals surface area contributed by atoms with Crippen LogP contribution in [-0.4, -0.2) is 18.5 Å². The fraction of sp³-hybridized carbons (Fsp3) is 0.0435. The molecule has 4 heteroatoms. The Bertz CT molecular complexity index is 1120. The van der Waals surface area contributed by atoms with Crippen molar-refractivity contribution in [3.05, 3.63) is 83.6 Å². The Morgan fingerprint density at radius 3 is 2.63 bits per heavy atom. The molecule has 0 bridgehead atoms. The van der Waals surface area contributed by atoms with Crippen LogP contribution in [0.3, 0.4) is 0 Å². The number of fused-ring (bicyclic) bond motifs is 1. The minimum absolute atomic E-state index is 0.136. The number of carbonyl (C=O) groups excluding carboxylic acids is 1. The molecule has 0 unspecified atom stereocenters. The summed E-state index contributed by atoms with van der Waals surface area (Å²) in [5, 5.41) is 1.96. The predicted octanol–water partition coefficient (Wildman–Crippen LogP) is 4.20. The molecule has 1 aliphatic heterocycles. The molecule has 3 aromatic rings. The van der Waals surface area contributed by atoms with Crippen molar-refractivity contribution in [3.8, 4) is 18.1 Å². The zero-order valence-corrected chi connectivity index (χ0v) is 14.4. The molecule has 130 valence electrons. The maximum absolute atomic E-state index is 12.3. The first-order valence-electron chi connectivity index (χ1n) is 8.42. The van der Waals surface area contributed by atoms with Crippen LogP contribution >= 0.6 is 0 Å². The number of cyclic esters (lactones) is 1. The molecule has 0 spiro atoms. The van der Waals surface area contributed by atoms with Crippen LogP contribution in [0.5, 0.6) is 5.75 Å². The van der Waals surface area contributed by atoms with Crippen molar-refractivity contribution in [3.63, 3.8) is 0 Å². The lowest BCUT2D eigenvalue weighted by atomic mass is 10.0. The molecule has 0 radical (unpaired) electrons. The van der Waals surface area contributed by atoms with Gasteiger partial charge in [0.25, 0.3) is 0 Å². The zero-order valence-electron chi connectivity index (χ0n) is 14.4. The summed E-state index contributed by atoms with van der Waals surface area (Å²) in [6.07, 6.45) is 7.01. The molecule has 0 atom stereocenters. The highest BCUT2D eigenvalue weighted by atomic mass is 16.6. The van der Waals surface area contributed by atoms with Crippen LogP contribution in [-0.2, 0) is 9.53 Å². The van der Waals surface area contributed by atoms with Crippen molar-refractivity contribution in [2.24, 2.45) is 4.99 Å². The molecular formula is C23H15NO3. The quantitative estimate of drug-likeness (QED) is 0.401. The molecule has 0 aliphatic carbocycles. The Morgan fingerprint density at radius 2 is 1.81 bits per heavy atom. The van der Waals surface area contributed by atoms with E-state index in [0.717, 1.165) is 21.9 Å². The van der Waals surface area contributed by atoms with Crippen LogP contribution in [0.2, 0.25) is 0 Å². The van der Waals surface area contributed by atoms with E-state index >= 15 is 0 Å². The van der Waals surface area contributed by atoms with Gasteiger partial charge in [0.15, 0.2) is 5.70 Å². The van der Waals surface area contributed by atoms with Crippen molar-refractivity contribution in [2.75, 3.05) is 6.61 Å². The van der Waals surface area contributed by atoms with Gasteiger partial charge in [-0.3, -0.25) is 0 Å². The standard InChI is InChI=1S/C23H15NO3/c1-2-14-26-21-13-12-16-8-6-7-11-18(16)19(21)15-20-23(25)27-22(24-20)17-9-4-3-5-10-17/h1,3-13,15H,14H2/b20-15+. The van der Waals surface area contributed by atoms with E-state index in [9.17, 15) is 4.79 Å². The van der Waals surface area contributed by atoms with Crippen molar-refractivity contribution in [1.82, 2.24) is 0 Å². The van der Waals surface area contributed by atoms with Crippen molar-refractivity contribution in [1.29, 1.82) is 0 Å². The maximum atomic E-state index is 12.3. The molecule has 1 aliphatic rings. The van der Waals surface area contributed by atoms with Crippen LogP contribution in [0.15, 0.2) is 77.4 Å². The first kappa shape index (κ1) is 16.6. The zero-order chi connectivity index (χ0) is 18.6. The van der Waals surface area contributed by atoms with Crippen molar-refractivity contribution >= 4 is 28.7 Å². The van der Waals surface area contributed by atoms with Gasteiger partial charge in [0.1, 0.15) is 12.4 Å². The number of rotatable bonds is 4. The summed E-state index contributed by atoms with van der Waals surface area (Å²) < 4.78 is 11.0. The number of esters is 1. The van der Waals surface area contributed by atoms with E-state index in [4.69, 9.17) is 15.9 Å². The van der Waals surface area contributed by atoms with Crippen LogP contribution in [0.1, 0.15) is 11.1 Å². The van der Waals surface area contributed by atoms with Gasteiger partial charge >= 0.3 is 5.97 Å². The van der Waals surface area contributed by atoms with Gasteiger partial charge in [0.2, 0.25) is 5.90 Å². The van der Waals surface area contributed by atoms with E-state index < -0.39 is 5.97 Å². The summed E-state index contributed by atoms with van der Waals surface area (Å²) in [5.74, 6) is 2.85. The van der Waals surface area contributed by atoms with Gasteiger partial charge in [0.05, 0.1) is 0 Å². The summed E-state index contributed by atoms with van der Waals surface area (Å²) in [7, 11) is 0. The van der Waals surface area contributed by atoms with Crippen molar-refractivity contribution in [2.45, 2.75) is 0 Å². The highest BCUT2D eigenvalue weighted by molar-refractivity contribution is 6.13. The van der Waals surface area contributed by atoms with Gasteiger partial charge in [0, 0.05) is 11.1 Å². The second-order valence-electron chi connectivity index (χ2n) is 5.89. The summed E-state index contributed by atoms with van der Waals surface area (Å²) >= 11 is 0. The number of terminal acetylenes is 1. The van der Waals surface area contributed by atoms with Gasteiger partial charge in [-0.2, -0.15) is 0 Å². The molecular weight excluding hydrogens is 338 g/mol. The third kappa shape index (κ3) is 3.31. The number of ether oxygens (including phenoxy) is 2. The van der Waals surface area contributed by atoms with Crippen LogP contribution < -0.4 is 4.74 Å². The minimum atomic E-state index is -0.496. The summed E-state index contributed by atoms with van der Waals surface area (Å²) in [4.78, 5) is 16.7. The lowest BCUT2D eigenvalue weighted by Gasteiger charge is -2.10. The van der Waals surface area contributed by atoms with Gasteiger partial charge in [-0.05, 0) is 35.0 Å². The topological polar surface area (TPSA) is 47.9 Å². The maximum Gasteiger partial charge on any atom is 0.363 e. The fourth-order valence-corrected chi connectivity index (χ4v) is 2.92. The number of aliphatic imine (C=N–C) groups is 1. The van der Waals surface area contributed by atoms with E-state index in [-0.39, 0.29) is 18.2 Å². The van der Waals surface area contributed by atoms with Gasteiger partial charge in [-0.1, -0.05) is 54.5 Å². The number of hydrogen-bond acceptors (Lipinski definition) is 4. The fourth-order valence-electron chi connectivity index (χ4n) is 2.92. The van der Waals surface area contributed by atoms with Crippen LogP contribution in [0.4, 0.5) is 0 Å². The molecule has 4 nitrogen and oxygen atoms in total. The molecule has 1 heterocycles. The molecule has 4 rings (SSSR count). The van der Waals surface area contributed by atoms with Gasteiger partial charge in [-0.15, -0.1) is 6.42 Å². The summed E-state index contributed by atoms with van der Waals surface area (Å²) in [6.45, 7) is 0.136. The largest absolute Gasteiger partial charge is 0.480 e. The third-order valence-electron chi connectivity index (χ3n) is 4.16. The van der Waals surface area contributed by atoms with E-state index in [0.29, 0.717) is 5.75 Å². The Kier molecular flexibility index (Phi) is 4.42. The third-order valence-corrected chi connectivity index (χ3v) is 4.16. The monoisotopic (exact) mass is 353 g/mol. The van der Waals surface area contributed by atoms with E-state index in [2.05, 4.69) is 10.9 Å². The minimum Gasteiger partial charge on any atom is -0.480 e. The average Bonchev–Trinajstić information content (AvgIpc) is 3.08. The highest BCUT2D eigenvalue weighted by Gasteiger charge is 2.24. The summed E-state index contributed by atoms with van der Waals surface area (Å²) in [6, 6.07) is 20.9. The normalized spacial score (nSPS) is 14.7. The average molecular weight is 353 g/mol. The number of carbonyl (C=O) groups is 1. The Labute approximate surface area is 156 Å². The Morgan fingerprint density at radius 1 is 1.04 bits per heavy atom. The SMILES string of the molecule is C#CCOc1ccc2ccccc2c1/C=C1/N=C(c2ccccc2)OC1=O. The van der Waals surface area contributed by atoms with E-state index in [1.165, 1.54) is 0 Å².